The van der Waals surface area contributed by atoms with Crippen LogP contribution in [0.5, 0.6) is 0 Å². The van der Waals surface area contributed by atoms with Crippen LogP contribution >= 0.6 is 0 Å². The first-order valence-corrected chi connectivity index (χ1v) is 6.24. The van der Waals surface area contributed by atoms with Gasteiger partial charge in [-0.15, -0.1) is 0 Å². The summed E-state index contributed by atoms with van der Waals surface area (Å²) in [6.45, 7) is 6.97. The van der Waals surface area contributed by atoms with Gasteiger partial charge in [0.05, 0.1) is 0 Å². The number of nitrogens with one attached hydrogen (secondary N) is 2. The predicted octanol–water partition coefficient (Wildman–Crippen LogP) is 2.58. The highest BCUT2D eigenvalue weighted by atomic mass is 16.1. The summed E-state index contributed by atoms with van der Waals surface area (Å²) in [5.74, 6) is 0.0615. The van der Waals surface area contributed by atoms with Crippen LogP contribution in [-0.2, 0) is 11.2 Å². The molecule has 0 saturated carbocycles. The Morgan fingerprint density at radius 2 is 2.12 bits per heavy atom. The molecule has 0 spiro atoms. The van der Waals surface area contributed by atoms with Gasteiger partial charge in [-0.05, 0) is 24.1 Å². The van der Waals surface area contributed by atoms with E-state index in [4.69, 9.17) is 0 Å². The zero-order chi connectivity index (χ0) is 12.7. The second-order valence-corrected chi connectivity index (χ2v) is 4.46. The van der Waals surface area contributed by atoms with E-state index in [0.717, 1.165) is 18.7 Å². The number of anilines is 1. The third-order valence-corrected chi connectivity index (χ3v) is 2.52. The topological polar surface area (TPSA) is 41.1 Å². The van der Waals surface area contributed by atoms with Crippen molar-refractivity contribution in [1.82, 2.24) is 5.32 Å². The van der Waals surface area contributed by atoms with Gasteiger partial charge in [0.2, 0.25) is 5.91 Å². The normalized spacial score (nSPS) is 10.6. The van der Waals surface area contributed by atoms with E-state index < -0.39 is 0 Å². The molecule has 1 aromatic carbocycles. The van der Waals surface area contributed by atoms with Gasteiger partial charge >= 0.3 is 0 Å². The van der Waals surface area contributed by atoms with Crippen molar-refractivity contribution in [2.24, 2.45) is 0 Å². The Balaban J connectivity index is 2.39. The Labute approximate surface area is 104 Å². The zero-order valence-electron chi connectivity index (χ0n) is 10.9. The van der Waals surface area contributed by atoms with Crippen LogP contribution < -0.4 is 10.6 Å². The van der Waals surface area contributed by atoms with Gasteiger partial charge in [-0.2, -0.15) is 0 Å². The fraction of sp³-hybridized carbons (Fsp3) is 0.500. The Kier molecular flexibility index (Phi) is 5.70. The summed E-state index contributed by atoms with van der Waals surface area (Å²) in [7, 11) is 0. The summed E-state index contributed by atoms with van der Waals surface area (Å²) in [6.07, 6.45) is 1.49. The van der Waals surface area contributed by atoms with Crippen molar-refractivity contribution in [3.8, 4) is 0 Å². The molecule has 0 aliphatic rings. The van der Waals surface area contributed by atoms with Crippen molar-refractivity contribution in [2.75, 3.05) is 11.9 Å². The number of hydrogen-bond acceptors (Lipinski definition) is 2. The lowest BCUT2D eigenvalue weighted by molar-refractivity contribution is -0.116. The third kappa shape index (κ3) is 5.50. The largest absolute Gasteiger partial charge is 0.326 e. The van der Waals surface area contributed by atoms with Crippen molar-refractivity contribution >= 4 is 11.6 Å². The average molecular weight is 234 g/mol. The molecule has 0 unspecified atom stereocenters. The van der Waals surface area contributed by atoms with Gasteiger partial charge in [0, 0.05) is 24.7 Å². The fourth-order valence-electron chi connectivity index (χ4n) is 1.57. The molecule has 0 radical (unpaired) electrons. The molecular formula is C14H22N2O. The van der Waals surface area contributed by atoms with Crippen LogP contribution in [0.25, 0.3) is 0 Å². The van der Waals surface area contributed by atoms with Crippen LogP contribution in [0.3, 0.4) is 0 Å². The second-order valence-electron chi connectivity index (χ2n) is 4.46. The standard InChI is InChI=1S/C14H22N2O/c1-4-12-6-5-7-13(10-12)16-14(17)8-9-15-11(2)3/h5-7,10-11,15H,4,8-9H2,1-3H3,(H,16,17). The summed E-state index contributed by atoms with van der Waals surface area (Å²) < 4.78 is 0. The van der Waals surface area contributed by atoms with Crippen molar-refractivity contribution in [1.29, 1.82) is 0 Å². The van der Waals surface area contributed by atoms with Crippen LogP contribution in [0.4, 0.5) is 5.69 Å². The lowest BCUT2D eigenvalue weighted by Gasteiger charge is -2.09. The first-order chi connectivity index (χ1) is 8.11. The van der Waals surface area contributed by atoms with Crippen LogP contribution in [0.1, 0.15) is 32.8 Å². The van der Waals surface area contributed by atoms with Gasteiger partial charge in [-0.25, -0.2) is 0 Å². The summed E-state index contributed by atoms with van der Waals surface area (Å²) >= 11 is 0. The number of carbonyl (C=O) groups excluding carboxylic acids is 1. The average Bonchev–Trinajstić information content (AvgIpc) is 2.28. The van der Waals surface area contributed by atoms with Gasteiger partial charge < -0.3 is 10.6 Å². The molecule has 0 heterocycles. The summed E-state index contributed by atoms with van der Waals surface area (Å²) in [5, 5.41) is 6.14. The maximum absolute atomic E-state index is 11.6. The first-order valence-electron chi connectivity index (χ1n) is 6.24. The quantitative estimate of drug-likeness (QED) is 0.794. The Hall–Kier alpha value is -1.35. The lowest BCUT2D eigenvalue weighted by Crippen LogP contribution is -2.27. The van der Waals surface area contributed by atoms with E-state index in [9.17, 15) is 4.79 Å². The number of carbonyl (C=O) groups is 1. The van der Waals surface area contributed by atoms with E-state index in [2.05, 4.69) is 37.5 Å². The molecule has 0 aromatic heterocycles. The zero-order valence-corrected chi connectivity index (χ0v) is 10.9. The van der Waals surface area contributed by atoms with E-state index in [-0.39, 0.29) is 5.91 Å². The molecule has 17 heavy (non-hydrogen) atoms. The maximum Gasteiger partial charge on any atom is 0.225 e. The minimum atomic E-state index is 0.0615. The van der Waals surface area contributed by atoms with E-state index in [1.54, 1.807) is 0 Å². The van der Waals surface area contributed by atoms with Gasteiger partial charge in [0.15, 0.2) is 0 Å². The molecule has 3 nitrogen and oxygen atoms in total. The molecule has 0 atom stereocenters. The lowest BCUT2D eigenvalue weighted by atomic mass is 10.1. The SMILES string of the molecule is CCc1cccc(NC(=O)CCNC(C)C)c1. The molecule has 0 aliphatic carbocycles. The summed E-state index contributed by atoms with van der Waals surface area (Å²) in [6, 6.07) is 8.41. The Bertz CT molecular complexity index is 361. The monoisotopic (exact) mass is 234 g/mol. The van der Waals surface area contributed by atoms with Gasteiger partial charge in [0.1, 0.15) is 0 Å². The van der Waals surface area contributed by atoms with E-state index in [1.807, 2.05) is 18.2 Å². The molecule has 1 amide bonds. The van der Waals surface area contributed by atoms with Crippen molar-refractivity contribution < 1.29 is 4.79 Å². The van der Waals surface area contributed by atoms with Crippen LogP contribution in [0.15, 0.2) is 24.3 Å². The number of hydrogen-bond donors (Lipinski definition) is 2. The van der Waals surface area contributed by atoms with Crippen LogP contribution in [0, 0.1) is 0 Å². The summed E-state index contributed by atoms with van der Waals surface area (Å²) in [5.41, 5.74) is 2.13. The molecule has 0 saturated heterocycles. The predicted molar refractivity (Wildman–Crippen MR) is 72.2 cm³/mol. The fourth-order valence-corrected chi connectivity index (χ4v) is 1.57. The Morgan fingerprint density at radius 1 is 1.35 bits per heavy atom. The Morgan fingerprint density at radius 3 is 2.76 bits per heavy atom. The molecule has 3 heteroatoms. The highest BCUT2D eigenvalue weighted by Crippen LogP contribution is 2.11. The minimum Gasteiger partial charge on any atom is -0.326 e. The number of benzene rings is 1. The van der Waals surface area contributed by atoms with E-state index >= 15 is 0 Å². The molecule has 0 fully saturated rings. The van der Waals surface area contributed by atoms with Crippen molar-refractivity contribution in [3.63, 3.8) is 0 Å². The molecule has 1 rings (SSSR count). The van der Waals surface area contributed by atoms with Crippen LogP contribution in [-0.4, -0.2) is 18.5 Å². The van der Waals surface area contributed by atoms with E-state index in [1.165, 1.54) is 5.56 Å². The molecule has 0 aliphatic heterocycles. The van der Waals surface area contributed by atoms with Crippen molar-refractivity contribution in [2.45, 2.75) is 39.7 Å². The molecule has 1 aromatic rings. The highest BCUT2D eigenvalue weighted by Gasteiger charge is 2.02. The maximum atomic E-state index is 11.6. The minimum absolute atomic E-state index is 0.0615. The molecular weight excluding hydrogens is 212 g/mol. The van der Waals surface area contributed by atoms with Gasteiger partial charge in [0.25, 0.3) is 0 Å². The van der Waals surface area contributed by atoms with Gasteiger partial charge in [-0.3, -0.25) is 4.79 Å². The number of rotatable bonds is 6. The number of aryl methyl sites for hydroxylation is 1. The molecule has 94 valence electrons. The van der Waals surface area contributed by atoms with Crippen molar-refractivity contribution in [3.05, 3.63) is 29.8 Å². The highest BCUT2D eigenvalue weighted by molar-refractivity contribution is 5.90. The molecule has 2 N–H and O–H groups in total. The van der Waals surface area contributed by atoms with E-state index in [0.29, 0.717) is 12.5 Å². The summed E-state index contributed by atoms with van der Waals surface area (Å²) in [4.78, 5) is 11.6. The molecule has 0 bridgehead atoms. The smallest absolute Gasteiger partial charge is 0.225 e. The van der Waals surface area contributed by atoms with Gasteiger partial charge in [-0.1, -0.05) is 32.9 Å². The second kappa shape index (κ2) is 7.07. The number of amides is 1. The third-order valence-electron chi connectivity index (χ3n) is 2.52. The first kappa shape index (κ1) is 13.7. The van der Waals surface area contributed by atoms with Crippen LogP contribution in [0.2, 0.25) is 0 Å².